The number of nitrogens with zero attached hydrogens (tertiary/aromatic N) is 2. The normalized spacial score (nSPS) is 15.3. The predicted octanol–water partition coefficient (Wildman–Crippen LogP) is 3.06. The van der Waals surface area contributed by atoms with E-state index < -0.39 is 16.1 Å². The maximum absolute atomic E-state index is 13.4. The van der Waals surface area contributed by atoms with E-state index in [0.717, 1.165) is 11.3 Å². The molecule has 33 heavy (non-hydrogen) atoms. The van der Waals surface area contributed by atoms with E-state index in [0.29, 0.717) is 26.2 Å². The van der Waals surface area contributed by atoms with Gasteiger partial charge in [0.05, 0.1) is 4.90 Å². The molecular weight excluding hydrogens is 441 g/mol. The Labute approximate surface area is 193 Å². The van der Waals surface area contributed by atoms with E-state index in [9.17, 15) is 17.6 Å². The summed E-state index contributed by atoms with van der Waals surface area (Å²) in [4.78, 5) is 17.3. The van der Waals surface area contributed by atoms with Crippen molar-refractivity contribution in [1.29, 1.82) is 0 Å². The SMILES string of the molecule is O=C([C@@H](Cc1ccccc1)NS(=O)(=O)c1ccccc1)N1CCN(c2ccc(F)cc2)CC1. The van der Waals surface area contributed by atoms with E-state index in [1.165, 1.54) is 24.3 Å². The van der Waals surface area contributed by atoms with E-state index in [2.05, 4.69) is 9.62 Å². The molecule has 0 bridgehead atoms. The molecule has 4 rings (SSSR count). The molecule has 3 aromatic carbocycles. The number of halogens is 1. The third-order valence-corrected chi connectivity index (χ3v) is 7.20. The average Bonchev–Trinajstić information content (AvgIpc) is 2.85. The molecule has 8 heteroatoms. The first-order chi connectivity index (χ1) is 15.9. The van der Waals surface area contributed by atoms with Gasteiger partial charge in [-0.15, -0.1) is 0 Å². The molecule has 0 spiro atoms. The number of nitrogens with one attached hydrogen (secondary N) is 1. The van der Waals surface area contributed by atoms with E-state index in [1.807, 2.05) is 30.3 Å². The second-order valence-electron chi connectivity index (χ2n) is 7.97. The van der Waals surface area contributed by atoms with Gasteiger partial charge in [0.25, 0.3) is 0 Å². The standard InChI is InChI=1S/C25H26FN3O3S/c26-21-11-13-22(14-12-21)28-15-17-29(18-16-28)25(30)24(19-20-7-3-1-4-8-20)27-33(31,32)23-9-5-2-6-10-23/h1-14,24,27H,15-19H2/t24-/m1/s1. The number of hydrogen-bond donors (Lipinski definition) is 1. The maximum atomic E-state index is 13.4. The second kappa shape index (κ2) is 10.1. The quantitative estimate of drug-likeness (QED) is 0.580. The molecule has 0 radical (unpaired) electrons. The van der Waals surface area contributed by atoms with Crippen LogP contribution in [0.25, 0.3) is 0 Å². The molecule has 0 aromatic heterocycles. The Bertz CT molecular complexity index is 1160. The zero-order valence-electron chi connectivity index (χ0n) is 18.1. The summed E-state index contributed by atoms with van der Waals surface area (Å²) in [6.45, 7) is 2.07. The van der Waals surface area contributed by atoms with Crippen molar-refractivity contribution in [2.24, 2.45) is 0 Å². The first-order valence-electron chi connectivity index (χ1n) is 10.8. The molecule has 0 aliphatic carbocycles. The largest absolute Gasteiger partial charge is 0.368 e. The molecule has 172 valence electrons. The van der Waals surface area contributed by atoms with Gasteiger partial charge in [0.15, 0.2) is 0 Å². The summed E-state index contributed by atoms with van der Waals surface area (Å²) in [6, 6.07) is 22.8. The Balaban J connectivity index is 1.49. The number of benzene rings is 3. The molecule has 1 N–H and O–H groups in total. The Kier molecular flexibility index (Phi) is 7.05. The fraction of sp³-hybridized carbons (Fsp3) is 0.240. The second-order valence-corrected chi connectivity index (χ2v) is 9.68. The molecule has 0 unspecified atom stereocenters. The van der Waals surface area contributed by atoms with Crippen LogP contribution in [0.15, 0.2) is 89.8 Å². The zero-order chi connectivity index (χ0) is 23.3. The fourth-order valence-corrected chi connectivity index (χ4v) is 5.15. The van der Waals surface area contributed by atoms with Gasteiger partial charge in [0, 0.05) is 31.9 Å². The summed E-state index contributed by atoms with van der Waals surface area (Å²) >= 11 is 0. The van der Waals surface area contributed by atoms with Crippen LogP contribution in [0.2, 0.25) is 0 Å². The molecule has 3 aromatic rings. The van der Waals surface area contributed by atoms with Crippen molar-refractivity contribution in [3.63, 3.8) is 0 Å². The van der Waals surface area contributed by atoms with Crippen molar-refractivity contribution >= 4 is 21.6 Å². The Morgan fingerprint density at radius 3 is 2.03 bits per heavy atom. The minimum Gasteiger partial charge on any atom is -0.368 e. The van der Waals surface area contributed by atoms with Crippen molar-refractivity contribution in [2.45, 2.75) is 17.4 Å². The highest BCUT2D eigenvalue weighted by Gasteiger charge is 2.31. The molecular formula is C25H26FN3O3S. The maximum Gasteiger partial charge on any atom is 0.241 e. The summed E-state index contributed by atoms with van der Waals surface area (Å²) in [5.74, 6) is -0.542. The van der Waals surface area contributed by atoms with Crippen LogP contribution in [-0.2, 0) is 21.2 Å². The fourth-order valence-electron chi connectivity index (χ4n) is 3.94. The van der Waals surface area contributed by atoms with Crippen LogP contribution >= 0.6 is 0 Å². The highest BCUT2D eigenvalue weighted by molar-refractivity contribution is 7.89. The third kappa shape index (κ3) is 5.77. The first-order valence-corrected chi connectivity index (χ1v) is 12.3. The molecule has 6 nitrogen and oxygen atoms in total. The lowest BCUT2D eigenvalue weighted by atomic mass is 10.1. The lowest BCUT2D eigenvalue weighted by Gasteiger charge is -2.37. The van der Waals surface area contributed by atoms with Crippen molar-refractivity contribution < 1.29 is 17.6 Å². The van der Waals surface area contributed by atoms with E-state index in [-0.39, 0.29) is 23.0 Å². The van der Waals surface area contributed by atoms with Crippen LogP contribution in [0.1, 0.15) is 5.56 Å². The minimum atomic E-state index is -3.86. The van der Waals surface area contributed by atoms with Crippen LogP contribution in [-0.4, -0.2) is 51.4 Å². The molecule has 1 atom stereocenters. The first kappa shape index (κ1) is 22.9. The van der Waals surface area contributed by atoms with Crippen LogP contribution < -0.4 is 9.62 Å². The van der Waals surface area contributed by atoms with Gasteiger partial charge in [0.2, 0.25) is 15.9 Å². The monoisotopic (exact) mass is 467 g/mol. The number of anilines is 1. The van der Waals surface area contributed by atoms with Crippen LogP contribution in [0, 0.1) is 5.82 Å². The van der Waals surface area contributed by atoms with E-state index >= 15 is 0 Å². The van der Waals surface area contributed by atoms with Crippen LogP contribution in [0.4, 0.5) is 10.1 Å². The van der Waals surface area contributed by atoms with Crippen LogP contribution in [0.5, 0.6) is 0 Å². The number of carbonyl (C=O) groups excluding carboxylic acids is 1. The molecule has 1 saturated heterocycles. The molecule has 1 aliphatic rings. The van der Waals surface area contributed by atoms with Gasteiger partial charge >= 0.3 is 0 Å². The molecule has 0 saturated carbocycles. The highest BCUT2D eigenvalue weighted by atomic mass is 32.2. The van der Waals surface area contributed by atoms with Crippen molar-refractivity contribution in [1.82, 2.24) is 9.62 Å². The summed E-state index contributed by atoms with van der Waals surface area (Å²) in [6.07, 6.45) is 0.254. The number of rotatable bonds is 7. The topological polar surface area (TPSA) is 69.7 Å². The van der Waals surface area contributed by atoms with Crippen molar-refractivity contribution in [3.05, 3.63) is 96.3 Å². The molecule has 1 amide bonds. The van der Waals surface area contributed by atoms with Gasteiger partial charge in [-0.1, -0.05) is 48.5 Å². The number of sulfonamides is 1. The smallest absolute Gasteiger partial charge is 0.241 e. The Morgan fingerprint density at radius 1 is 0.848 bits per heavy atom. The lowest BCUT2D eigenvalue weighted by molar-refractivity contribution is -0.133. The van der Waals surface area contributed by atoms with Gasteiger partial charge in [-0.05, 0) is 48.4 Å². The molecule has 1 fully saturated rings. The van der Waals surface area contributed by atoms with Gasteiger partial charge in [-0.25, -0.2) is 12.8 Å². The molecule has 1 heterocycles. The van der Waals surface area contributed by atoms with Gasteiger partial charge in [-0.2, -0.15) is 4.72 Å². The molecule has 1 aliphatic heterocycles. The number of hydrogen-bond acceptors (Lipinski definition) is 4. The lowest BCUT2D eigenvalue weighted by Crippen LogP contribution is -2.55. The van der Waals surface area contributed by atoms with Crippen LogP contribution in [0.3, 0.4) is 0 Å². The summed E-state index contributed by atoms with van der Waals surface area (Å²) in [5.41, 5.74) is 1.77. The number of piperazine rings is 1. The van der Waals surface area contributed by atoms with Crippen molar-refractivity contribution in [2.75, 3.05) is 31.1 Å². The van der Waals surface area contributed by atoms with Gasteiger partial charge in [-0.3, -0.25) is 4.79 Å². The predicted molar refractivity (Wildman–Crippen MR) is 126 cm³/mol. The third-order valence-electron chi connectivity index (χ3n) is 5.71. The van der Waals surface area contributed by atoms with E-state index in [1.54, 1.807) is 35.2 Å². The summed E-state index contributed by atoms with van der Waals surface area (Å²) in [5, 5.41) is 0. The van der Waals surface area contributed by atoms with Crippen molar-refractivity contribution in [3.8, 4) is 0 Å². The van der Waals surface area contributed by atoms with Gasteiger partial charge in [0.1, 0.15) is 11.9 Å². The number of amides is 1. The average molecular weight is 468 g/mol. The Hall–Kier alpha value is -3.23. The number of carbonyl (C=O) groups is 1. The summed E-state index contributed by atoms with van der Waals surface area (Å²) < 4.78 is 41.8. The van der Waals surface area contributed by atoms with Gasteiger partial charge < -0.3 is 9.80 Å². The van der Waals surface area contributed by atoms with E-state index in [4.69, 9.17) is 0 Å². The summed E-state index contributed by atoms with van der Waals surface area (Å²) in [7, 11) is -3.86. The zero-order valence-corrected chi connectivity index (χ0v) is 18.9. The highest BCUT2D eigenvalue weighted by Crippen LogP contribution is 2.18. The minimum absolute atomic E-state index is 0.122. The Morgan fingerprint density at radius 2 is 1.42 bits per heavy atom.